The van der Waals surface area contributed by atoms with Crippen LogP contribution in [0.2, 0.25) is 0 Å². The van der Waals surface area contributed by atoms with E-state index in [4.69, 9.17) is 9.72 Å². The first-order valence-corrected chi connectivity index (χ1v) is 7.04. The molecule has 2 heterocycles. The van der Waals surface area contributed by atoms with Crippen molar-refractivity contribution in [3.63, 3.8) is 0 Å². The number of carboxylic acids is 1. The Kier molecular flexibility index (Phi) is 3.51. The summed E-state index contributed by atoms with van der Waals surface area (Å²) in [4.78, 5) is 16.4. The lowest BCUT2D eigenvalue weighted by Crippen LogP contribution is -2.11. The highest BCUT2D eigenvalue weighted by Gasteiger charge is 2.23. The van der Waals surface area contributed by atoms with Gasteiger partial charge < -0.3 is 15.2 Å². The van der Waals surface area contributed by atoms with E-state index in [2.05, 4.69) is 5.32 Å². The second-order valence-corrected chi connectivity index (χ2v) is 5.40. The maximum Gasteiger partial charge on any atom is 0.336 e. The standard InChI is InChI=1S/C16H18N2O3/c1-9-3-4-13(21-2)15-14(9)11(16(19)20)7-12(18-15)10-5-6-17-8-10/h3-4,7,10,17H,5-6,8H2,1-2H3,(H,19,20). The number of pyridine rings is 1. The van der Waals surface area contributed by atoms with E-state index in [1.165, 1.54) is 0 Å². The Morgan fingerprint density at radius 2 is 2.29 bits per heavy atom. The summed E-state index contributed by atoms with van der Waals surface area (Å²) in [5.74, 6) is -0.0467. The van der Waals surface area contributed by atoms with Crippen molar-refractivity contribution < 1.29 is 14.6 Å². The number of methoxy groups -OCH3 is 1. The van der Waals surface area contributed by atoms with Gasteiger partial charge in [-0.25, -0.2) is 9.78 Å². The van der Waals surface area contributed by atoms with Gasteiger partial charge in [-0.1, -0.05) is 6.07 Å². The van der Waals surface area contributed by atoms with E-state index in [0.717, 1.165) is 30.8 Å². The molecule has 0 radical (unpaired) electrons. The number of aromatic carboxylic acids is 1. The molecule has 3 rings (SSSR count). The van der Waals surface area contributed by atoms with Crippen molar-refractivity contribution in [2.75, 3.05) is 20.2 Å². The topological polar surface area (TPSA) is 71.5 Å². The first-order chi connectivity index (χ1) is 10.1. The molecule has 1 atom stereocenters. The monoisotopic (exact) mass is 286 g/mol. The first-order valence-electron chi connectivity index (χ1n) is 7.04. The van der Waals surface area contributed by atoms with Crippen molar-refractivity contribution in [1.82, 2.24) is 10.3 Å². The maximum absolute atomic E-state index is 11.6. The first kappa shape index (κ1) is 13.8. The summed E-state index contributed by atoms with van der Waals surface area (Å²) >= 11 is 0. The summed E-state index contributed by atoms with van der Waals surface area (Å²) in [6.45, 7) is 3.68. The number of nitrogens with zero attached hydrogens (tertiary/aromatic N) is 1. The van der Waals surface area contributed by atoms with Crippen LogP contribution in [0.1, 0.15) is 34.0 Å². The smallest absolute Gasteiger partial charge is 0.336 e. The molecule has 1 aromatic heterocycles. The summed E-state index contributed by atoms with van der Waals surface area (Å²) < 4.78 is 5.36. The zero-order valence-corrected chi connectivity index (χ0v) is 12.1. The van der Waals surface area contributed by atoms with Crippen molar-refractivity contribution in [3.05, 3.63) is 35.0 Å². The van der Waals surface area contributed by atoms with E-state index in [-0.39, 0.29) is 5.92 Å². The van der Waals surface area contributed by atoms with Gasteiger partial charge in [-0.3, -0.25) is 0 Å². The quantitative estimate of drug-likeness (QED) is 0.906. The molecule has 1 saturated heterocycles. The molecule has 0 aliphatic carbocycles. The van der Waals surface area contributed by atoms with Crippen molar-refractivity contribution in [2.24, 2.45) is 0 Å². The molecule has 110 valence electrons. The molecule has 0 bridgehead atoms. The average Bonchev–Trinajstić information content (AvgIpc) is 3.00. The Morgan fingerprint density at radius 1 is 1.48 bits per heavy atom. The molecule has 0 saturated carbocycles. The van der Waals surface area contributed by atoms with Crippen LogP contribution in [0.5, 0.6) is 5.75 Å². The number of hydrogen-bond acceptors (Lipinski definition) is 4. The van der Waals surface area contributed by atoms with Gasteiger partial charge in [0.05, 0.1) is 12.7 Å². The lowest BCUT2D eigenvalue weighted by atomic mass is 9.97. The molecule has 1 aliphatic heterocycles. The number of aromatic nitrogens is 1. The van der Waals surface area contributed by atoms with Gasteiger partial charge in [0.15, 0.2) is 0 Å². The highest BCUT2D eigenvalue weighted by molar-refractivity contribution is 6.05. The molecule has 21 heavy (non-hydrogen) atoms. The number of benzene rings is 1. The van der Waals surface area contributed by atoms with E-state index in [1.807, 2.05) is 19.1 Å². The normalized spacial score (nSPS) is 18.1. The molecular formula is C16H18N2O3. The van der Waals surface area contributed by atoms with Crippen molar-refractivity contribution >= 4 is 16.9 Å². The Morgan fingerprint density at radius 3 is 2.90 bits per heavy atom. The third-order valence-electron chi connectivity index (χ3n) is 4.08. The fraction of sp³-hybridized carbons (Fsp3) is 0.375. The zero-order chi connectivity index (χ0) is 15.0. The third kappa shape index (κ3) is 2.34. The Hall–Kier alpha value is -2.14. The van der Waals surface area contributed by atoms with E-state index in [9.17, 15) is 9.90 Å². The fourth-order valence-corrected chi connectivity index (χ4v) is 2.95. The van der Waals surface area contributed by atoms with Gasteiger partial charge in [-0.05, 0) is 37.6 Å². The molecule has 1 aromatic carbocycles. The number of carbonyl (C=O) groups is 1. The van der Waals surface area contributed by atoms with Crippen LogP contribution in [0.25, 0.3) is 10.9 Å². The molecule has 0 amide bonds. The molecule has 1 fully saturated rings. The lowest BCUT2D eigenvalue weighted by molar-refractivity contribution is 0.0698. The minimum Gasteiger partial charge on any atom is -0.494 e. The highest BCUT2D eigenvalue weighted by atomic mass is 16.5. The van der Waals surface area contributed by atoms with Gasteiger partial charge in [-0.15, -0.1) is 0 Å². The van der Waals surface area contributed by atoms with E-state index < -0.39 is 5.97 Å². The van der Waals surface area contributed by atoms with Crippen molar-refractivity contribution in [3.8, 4) is 5.75 Å². The van der Waals surface area contributed by atoms with Crippen LogP contribution in [0.15, 0.2) is 18.2 Å². The van der Waals surface area contributed by atoms with E-state index >= 15 is 0 Å². The number of nitrogens with one attached hydrogen (secondary N) is 1. The predicted octanol–water partition coefficient (Wildman–Crippen LogP) is 2.33. The van der Waals surface area contributed by atoms with Crippen LogP contribution in [-0.2, 0) is 0 Å². The number of rotatable bonds is 3. The third-order valence-corrected chi connectivity index (χ3v) is 4.08. The second-order valence-electron chi connectivity index (χ2n) is 5.40. The zero-order valence-electron chi connectivity index (χ0n) is 12.1. The lowest BCUT2D eigenvalue weighted by Gasteiger charge is -2.14. The van der Waals surface area contributed by atoms with Crippen molar-refractivity contribution in [2.45, 2.75) is 19.3 Å². The van der Waals surface area contributed by atoms with Crippen LogP contribution in [0, 0.1) is 6.92 Å². The summed E-state index contributed by atoms with van der Waals surface area (Å²) in [5, 5.41) is 13.5. The summed E-state index contributed by atoms with van der Waals surface area (Å²) in [7, 11) is 1.58. The van der Waals surface area contributed by atoms with Crippen LogP contribution >= 0.6 is 0 Å². The van der Waals surface area contributed by atoms with Gasteiger partial charge in [-0.2, -0.15) is 0 Å². The average molecular weight is 286 g/mol. The molecule has 5 nitrogen and oxygen atoms in total. The van der Waals surface area contributed by atoms with Crippen LogP contribution < -0.4 is 10.1 Å². The molecule has 1 unspecified atom stereocenters. The molecule has 2 N–H and O–H groups in total. The van der Waals surface area contributed by atoms with Crippen LogP contribution in [-0.4, -0.2) is 36.3 Å². The Balaban J connectivity index is 2.31. The van der Waals surface area contributed by atoms with Crippen molar-refractivity contribution in [1.29, 1.82) is 0 Å². The number of fused-ring (bicyclic) bond motifs is 1. The van der Waals surface area contributed by atoms with Gasteiger partial charge in [0.2, 0.25) is 0 Å². The van der Waals surface area contributed by atoms with Crippen LogP contribution in [0.3, 0.4) is 0 Å². The number of ether oxygens (including phenoxy) is 1. The molecule has 0 spiro atoms. The van der Waals surface area contributed by atoms with Gasteiger partial charge in [0.25, 0.3) is 0 Å². The van der Waals surface area contributed by atoms with Gasteiger partial charge in [0, 0.05) is 23.5 Å². The minimum absolute atomic E-state index is 0.262. The van der Waals surface area contributed by atoms with Gasteiger partial charge in [0.1, 0.15) is 11.3 Å². The summed E-state index contributed by atoms with van der Waals surface area (Å²) in [6, 6.07) is 5.42. The van der Waals surface area contributed by atoms with Crippen LogP contribution in [0.4, 0.5) is 0 Å². The maximum atomic E-state index is 11.6. The summed E-state index contributed by atoms with van der Waals surface area (Å²) in [6.07, 6.45) is 0.978. The molecule has 1 aliphatic rings. The molecular weight excluding hydrogens is 268 g/mol. The SMILES string of the molecule is COc1ccc(C)c2c(C(=O)O)cc(C3CCNC3)nc12. The minimum atomic E-state index is -0.925. The largest absolute Gasteiger partial charge is 0.494 e. The highest BCUT2D eigenvalue weighted by Crippen LogP contribution is 2.32. The Bertz CT molecular complexity index is 706. The fourth-order valence-electron chi connectivity index (χ4n) is 2.95. The molecule has 2 aromatic rings. The summed E-state index contributed by atoms with van der Waals surface area (Å²) in [5.41, 5.74) is 2.66. The number of hydrogen-bond donors (Lipinski definition) is 2. The second kappa shape index (κ2) is 5.33. The van der Waals surface area contributed by atoms with E-state index in [0.29, 0.717) is 22.2 Å². The number of aryl methyl sites for hydroxylation is 1. The number of carboxylic acid groups (broad SMARTS) is 1. The molecule has 5 heteroatoms. The van der Waals surface area contributed by atoms with E-state index in [1.54, 1.807) is 13.2 Å². The predicted molar refractivity (Wildman–Crippen MR) is 80.2 cm³/mol. The van der Waals surface area contributed by atoms with Gasteiger partial charge >= 0.3 is 5.97 Å². The Labute approximate surface area is 123 Å².